The summed E-state index contributed by atoms with van der Waals surface area (Å²) >= 11 is 0. The lowest BCUT2D eigenvalue weighted by molar-refractivity contribution is -0.135. The smallest absolute Gasteiger partial charge is 0.317 e. The van der Waals surface area contributed by atoms with Gasteiger partial charge in [0.05, 0.1) is 6.54 Å². The Morgan fingerprint density at radius 1 is 1.25 bits per heavy atom. The molecule has 0 saturated heterocycles. The van der Waals surface area contributed by atoms with E-state index in [1.165, 1.54) is 0 Å². The van der Waals surface area contributed by atoms with Gasteiger partial charge >= 0.3 is 5.97 Å². The van der Waals surface area contributed by atoms with E-state index in [1.807, 2.05) is 0 Å². The molecule has 0 aromatic carbocycles. The van der Waals surface area contributed by atoms with Gasteiger partial charge < -0.3 is 20.4 Å². The third kappa shape index (κ3) is 23.3. The van der Waals surface area contributed by atoms with Gasteiger partial charge in [0.25, 0.3) is 0 Å². The van der Waals surface area contributed by atoms with Crippen LogP contribution in [0.25, 0.3) is 0 Å². The molecular formula is C7H13NO4. The quantitative estimate of drug-likeness (QED) is 0.437. The van der Waals surface area contributed by atoms with Crippen molar-refractivity contribution in [3.8, 4) is 0 Å². The van der Waals surface area contributed by atoms with Gasteiger partial charge in [-0.1, -0.05) is 0 Å². The first-order chi connectivity index (χ1) is 5.68. The zero-order valence-corrected chi connectivity index (χ0v) is 6.73. The highest BCUT2D eigenvalue weighted by molar-refractivity contribution is 5.68. The zero-order valence-electron chi connectivity index (χ0n) is 6.73. The van der Waals surface area contributed by atoms with Crippen LogP contribution < -0.4 is 5.73 Å². The Kier molecular flexibility index (Phi) is 13.9. The lowest BCUT2D eigenvalue weighted by Crippen LogP contribution is -2.10. The van der Waals surface area contributed by atoms with Crippen LogP contribution in [0.5, 0.6) is 0 Å². The van der Waals surface area contributed by atoms with Crippen molar-refractivity contribution in [3.05, 3.63) is 0 Å². The van der Waals surface area contributed by atoms with Gasteiger partial charge in [-0.2, -0.15) is 0 Å². The molecule has 0 heterocycles. The van der Waals surface area contributed by atoms with E-state index in [0.29, 0.717) is 19.3 Å². The van der Waals surface area contributed by atoms with Crippen LogP contribution in [0.3, 0.4) is 0 Å². The Hall–Kier alpha value is -1.23. The number of carbonyl (C=O) groups excluding carboxylic acids is 2. The number of carboxylic acid groups (broad SMARTS) is 1. The third-order valence-corrected chi connectivity index (χ3v) is 0.819. The molecule has 0 atom stereocenters. The first-order valence-corrected chi connectivity index (χ1v) is 3.48. The van der Waals surface area contributed by atoms with Crippen LogP contribution in [0, 0.1) is 0 Å². The monoisotopic (exact) mass is 175 g/mol. The van der Waals surface area contributed by atoms with E-state index < -0.39 is 5.97 Å². The van der Waals surface area contributed by atoms with Gasteiger partial charge in [-0.05, 0) is 6.42 Å². The number of carbonyl (C=O) groups is 3. The molecule has 0 unspecified atom stereocenters. The Bertz CT molecular complexity index is 127. The molecule has 0 radical (unpaired) electrons. The van der Waals surface area contributed by atoms with Gasteiger partial charge in [0, 0.05) is 12.8 Å². The first kappa shape index (κ1) is 13.4. The van der Waals surface area contributed by atoms with Crippen LogP contribution in [-0.2, 0) is 14.4 Å². The largest absolute Gasteiger partial charge is 0.480 e. The van der Waals surface area contributed by atoms with Crippen LogP contribution in [0.1, 0.15) is 19.3 Å². The molecule has 0 aliphatic rings. The zero-order chi connectivity index (χ0) is 9.82. The summed E-state index contributed by atoms with van der Waals surface area (Å²) < 4.78 is 0. The number of aliphatic carboxylic acids is 1. The van der Waals surface area contributed by atoms with Crippen molar-refractivity contribution < 1.29 is 19.5 Å². The van der Waals surface area contributed by atoms with Gasteiger partial charge in [-0.3, -0.25) is 4.79 Å². The van der Waals surface area contributed by atoms with E-state index >= 15 is 0 Å². The second-order valence-electron chi connectivity index (χ2n) is 1.86. The average Bonchev–Trinajstić information content (AvgIpc) is 2.07. The SMILES string of the molecule is NCC(=O)O.O=CCCCC=O. The van der Waals surface area contributed by atoms with Crippen molar-refractivity contribution in [2.45, 2.75) is 19.3 Å². The maximum Gasteiger partial charge on any atom is 0.317 e. The number of rotatable bonds is 5. The maximum atomic E-state index is 9.56. The lowest BCUT2D eigenvalue weighted by atomic mass is 10.3. The van der Waals surface area contributed by atoms with Gasteiger partial charge in [0.1, 0.15) is 12.6 Å². The molecule has 0 bridgehead atoms. The molecule has 3 N–H and O–H groups in total. The highest BCUT2D eigenvalue weighted by atomic mass is 16.4. The fraction of sp³-hybridized carbons (Fsp3) is 0.571. The molecule has 0 saturated carbocycles. The molecule has 0 fully saturated rings. The molecule has 0 aliphatic heterocycles. The molecule has 0 amide bonds. The molecule has 5 heteroatoms. The van der Waals surface area contributed by atoms with Crippen molar-refractivity contribution in [3.63, 3.8) is 0 Å². The summed E-state index contributed by atoms with van der Waals surface area (Å²) in [6.07, 6.45) is 3.37. The molecule has 0 rings (SSSR count). The lowest BCUT2D eigenvalue weighted by Gasteiger charge is -1.78. The second-order valence-corrected chi connectivity index (χ2v) is 1.86. The summed E-state index contributed by atoms with van der Waals surface area (Å²) in [5.74, 6) is -0.968. The number of aldehydes is 2. The number of nitrogens with two attached hydrogens (primary N) is 1. The van der Waals surface area contributed by atoms with Crippen LogP contribution in [0.2, 0.25) is 0 Å². The van der Waals surface area contributed by atoms with Crippen LogP contribution in [0.15, 0.2) is 0 Å². The second kappa shape index (κ2) is 12.4. The molecule has 0 spiro atoms. The highest BCUT2D eigenvalue weighted by Crippen LogP contribution is 1.85. The molecule has 5 nitrogen and oxygen atoms in total. The fourth-order valence-electron chi connectivity index (χ4n) is 0.285. The van der Waals surface area contributed by atoms with Crippen molar-refractivity contribution in [1.82, 2.24) is 0 Å². The summed E-state index contributed by atoms with van der Waals surface area (Å²) in [6, 6.07) is 0. The molecule has 70 valence electrons. The molecule has 12 heavy (non-hydrogen) atoms. The Morgan fingerprint density at radius 2 is 1.58 bits per heavy atom. The van der Waals surface area contributed by atoms with Gasteiger partial charge in [0.15, 0.2) is 0 Å². The van der Waals surface area contributed by atoms with Crippen molar-refractivity contribution in [1.29, 1.82) is 0 Å². The summed E-state index contributed by atoms with van der Waals surface area (Å²) in [4.78, 5) is 28.4. The van der Waals surface area contributed by atoms with E-state index in [9.17, 15) is 14.4 Å². The predicted octanol–water partition coefficient (Wildman–Crippen LogP) is -0.416. The standard InChI is InChI=1S/C5H8O2.C2H5NO2/c6-4-2-1-3-5-7;3-1-2(4)5/h4-5H,1-3H2;1,3H2,(H,4,5). The molecule has 0 aliphatic carbocycles. The topological polar surface area (TPSA) is 97.5 Å². The third-order valence-electron chi connectivity index (χ3n) is 0.819. The molecular weight excluding hydrogens is 162 g/mol. The number of carboxylic acids is 1. The van der Waals surface area contributed by atoms with Gasteiger partial charge in [-0.25, -0.2) is 0 Å². The van der Waals surface area contributed by atoms with E-state index in [2.05, 4.69) is 5.73 Å². The van der Waals surface area contributed by atoms with Crippen molar-refractivity contribution >= 4 is 18.5 Å². The summed E-state index contributed by atoms with van der Waals surface area (Å²) in [7, 11) is 0. The Morgan fingerprint density at radius 3 is 1.75 bits per heavy atom. The van der Waals surface area contributed by atoms with Gasteiger partial charge in [0.2, 0.25) is 0 Å². The number of hydrogen-bond donors (Lipinski definition) is 2. The highest BCUT2D eigenvalue weighted by Gasteiger charge is 1.81. The molecule has 0 aromatic rings. The predicted molar refractivity (Wildman–Crippen MR) is 42.7 cm³/mol. The fourth-order valence-corrected chi connectivity index (χ4v) is 0.285. The first-order valence-electron chi connectivity index (χ1n) is 3.48. The molecule has 0 aromatic heterocycles. The normalized spacial score (nSPS) is 7.75. The number of unbranched alkanes of at least 4 members (excludes halogenated alkanes) is 2. The Labute approximate surface area is 70.6 Å². The minimum Gasteiger partial charge on any atom is -0.480 e. The van der Waals surface area contributed by atoms with Crippen molar-refractivity contribution in [2.75, 3.05) is 6.54 Å². The number of hydrogen-bond acceptors (Lipinski definition) is 4. The average molecular weight is 175 g/mol. The van der Waals surface area contributed by atoms with Crippen LogP contribution in [0.4, 0.5) is 0 Å². The van der Waals surface area contributed by atoms with Crippen LogP contribution >= 0.6 is 0 Å². The minimum atomic E-state index is -0.968. The van der Waals surface area contributed by atoms with Gasteiger partial charge in [-0.15, -0.1) is 0 Å². The summed E-state index contributed by atoms with van der Waals surface area (Å²) in [5.41, 5.74) is 4.57. The Balaban J connectivity index is 0. The summed E-state index contributed by atoms with van der Waals surface area (Å²) in [5, 5.41) is 7.60. The minimum absolute atomic E-state index is 0.278. The van der Waals surface area contributed by atoms with E-state index in [4.69, 9.17) is 5.11 Å². The maximum absolute atomic E-state index is 9.56. The van der Waals surface area contributed by atoms with Crippen molar-refractivity contribution in [2.24, 2.45) is 5.73 Å². The van der Waals surface area contributed by atoms with E-state index in [-0.39, 0.29) is 6.54 Å². The summed E-state index contributed by atoms with van der Waals surface area (Å²) in [6.45, 7) is -0.278. The van der Waals surface area contributed by atoms with E-state index in [0.717, 1.165) is 12.6 Å². The van der Waals surface area contributed by atoms with E-state index in [1.54, 1.807) is 0 Å². The van der Waals surface area contributed by atoms with Crippen LogP contribution in [-0.4, -0.2) is 30.2 Å².